The largest absolute Gasteiger partial charge is 0.497 e. The molecule has 0 spiro atoms. The van der Waals surface area contributed by atoms with Gasteiger partial charge in [-0.3, -0.25) is 4.40 Å². The van der Waals surface area contributed by atoms with Crippen LogP contribution in [0.15, 0.2) is 48.5 Å². The van der Waals surface area contributed by atoms with Gasteiger partial charge in [0.2, 0.25) is 0 Å². The fourth-order valence-electron chi connectivity index (χ4n) is 2.73. The maximum atomic E-state index is 9.41. The Bertz CT molecular complexity index is 1040. The monoisotopic (exact) mass is 273 g/mol. The van der Waals surface area contributed by atoms with Crippen LogP contribution in [0, 0.1) is 11.3 Å². The van der Waals surface area contributed by atoms with Crippen LogP contribution in [-0.2, 0) is 0 Å². The summed E-state index contributed by atoms with van der Waals surface area (Å²) in [5.74, 6) is 0.773. The summed E-state index contributed by atoms with van der Waals surface area (Å²) in [4.78, 5) is 4.59. The van der Waals surface area contributed by atoms with Gasteiger partial charge >= 0.3 is 0 Å². The number of nitriles is 1. The lowest BCUT2D eigenvalue weighted by Gasteiger charge is -2.07. The quantitative estimate of drug-likeness (QED) is 0.533. The summed E-state index contributed by atoms with van der Waals surface area (Å²) in [6.45, 7) is 0. The third kappa shape index (κ3) is 1.58. The summed E-state index contributed by atoms with van der Waals surface area (Å²) < 4.78 is 7.30. The van der Waals surface area contributed by atoms with Crippen LogP contribution in [0.2, 0.25) is 0 Å². The lowest BCUT2D eigenvalue weighted by atomic mass is 10.1. The number of ether oxygens (including phenoxy) is 1. The Kier molecular flexibility index (Phi) is 2.36. The zero-order valence-corrected chi connectivity index (χ0v) is 11.4. The predicted octanol–water partition coefficient (Wildman–Crippen LogP) is 3.52. The molecule has 2 heterocycles. The summed E-state index contributed by atoms with van der Waals surface area (Å²) in [5.41, 5.74) is 4.15. The van der Waals surface area contributed by atoms with Gasteiger partial charge in [0.05, 0.1) is 29.2 Å². The highest BCUT2D eigenvalue weighted by atomic mass is 16.5. The molecule has 100 valence electrons. The Hall–Kier alpha value is -3.06. The summed E-state index contributed by atoms with van der Waals surface area (Å²) >= 11 is 0. The fourth-order valence-corrected chi connectivity index (χ4v) is 2.73. The number of imidazole rings is 1. The number of benzene rings is 2. The zero-order valence-electron chi connectivity index (χ0n) is 11.4. The molecule has 0 bridgehead atoms. The van der Waals surface area contributed by atoms with Crippen molar-refractivity contribution in [3.05, 3.63) is 54.1 Å². The van der Waals surface area contributed by atoms with E-state index in [4.69, 9.17) is 4.74 Å². The Morgan fingerprint density at radius 1 is 1.10 bits per heavy atom. The van der Waals surface area contributed by atoms with Crippen LogP contribution in [-0.4, -0.2) is 16.5 Å². The highest BCUT2D eigenvalue weighted by Gasteiger charge is 2.12. The second-order valence-corrected chi connectivity index (χ2v) is 4.85. The second kappa shape index (κ2) is 4.22. The topological polar surface area (TPSA) is 50.3 Å². The van der Waals surface area contributed by atoms with E-state index < -0.39 is 0 Å². The lowest BCUT2D eigenvalue weighted by Crippen LogP contribution is -1.93. The third-order valence-corrected chi connectivity index (χ3v) is 3.70. The number of rotatable bonds is 1. The first kappa shape index (κ1) is 11.7. The molecule has 2 aromatic heterocycles. The van der Waals surface area contributed by atoms with Gasteiger partial charge in [0, 0.05) is 5.39 Å². The lowest BCUT2D eigenvalue weighted by molar-refractivity contribution is 0.415. The van der Waals surface area contributed by atoms with Crippen molar-refractivity contribution in [3.8, 4) is 11.8 Å². The predicted molar refractivity (Wildman–Crippen MR) is 81.5 cm³/mol. The Morgan fingerprint density at radius 3 is 2.76 bits per heavy atom. The van der Waals surface area contributed by atoms with Crippen LogP contribution in [0.4, 0.5) is 0 Å². The minimum Gasteiger partial charge on any atom is -0.497 e. The van der Waals surface area contributed by atoms with E-state index in [1.807, 2.05) is 52.9 Å². The molecule has 0 fully saturated rings. The Balaban J connectivity index is 2.29. The average Bonchev–Trinajstić information content (AvgIpc) is 2.93. The summed E-state index contributed by atoms with van der Waals surface area (Å²) in [7, 11) is 1.64. The van der Waals surface area contributed by atoms with Gasteiger partial charge in [0.1, 0.15) is 11.8 Å². The van der Waals surface area contributed by atoms with Gasteiger partial charge in [-0.2, -0.15) is 5.26 Å². The smallest absolute Gasteiger partial charge is 0.156 e. The molecule has 21 heavy (non-hydrogen) atoms. The molecule has 4 aromatic rings. The molecule has 0 N–H and O–H groups in total. The average molecular weight is 273 g/mol. The third-order valence-electron chi connectivity index (χ3n) is 3.70. The molecule has 0 radical (unpaired) electrons. The number of methoxy groups -OCH3 is 1. The molecule has 0 saturated heterocycles. The minimum atomic E-state index is 0.562. The van der Waals surface area contributed by atoms with E-state index in [0.29, 0.717) is 11.2 Å². The number of hydrogen-bond acceptors (Lipinski definition) is 3. The number of hydrogen-bond donors (Lipinski definition) is 0. The molecule has 2 aromatic carbocycles. The van der Waals surface area contributed by atoms with Crippen molar-refractivity contribution in [1.29, 1.82) is 5.26 Å². The molecular weight excluding hydrogens is 262 g/mol. The highest BCUT2D eigenvalue weighted by molar-refractivity contribution is 5.93. The summed E-state index contributed by atoms with van der Waals surface area (Å²) in [6, 6.07) is 17.8. The first-order valence-electron chi connectivity index (χ1n) is 6.60. The first-order valence-corrected chi connectivity index (χ1v) is 6.60. The van der Waals surface area contributed by atoms with Crippen molar-refractivity contribution in [1.82, 2.24) is 9.38 Å². The van der Waals surface area contributed by atoms with Gasteiger partial charge in [0.15, 0.2) is 5.65 Å². The maximum Gasteiger partial charge on any atom is 0.156 e. The normalized spacial score (nSPS) is 11.0. The van der Waals surface area contributed by atoms with E-state index in [0.717, 1.165) is 27.7 Å². The molecule has 0 aliphatic heterocycles. The number of fused-ring (bicyclic) bond motifs is 5. The van der Waals surface area contributed by atoms with Gasteiger partial charge in [-0.05, 0) is 36.4 Å². The second-order valence-electron chi connectivity index (χ2n) is 4.85. The van der Waals surface area contributed by atoms with Gasteiger partial charge in [-0.15, -0.1) is 0 Å². The number of pyridine rings is 1. The SMILES string of the molecule is COc1ccc2c(c1)cc(C#N)c1nc3ccccc3n12. The van der Waals surface area contributed by atoms with Crippen molar-refractivity contribution < 1.29 is 4.74 Å². The van der Waals surface area contributed by atoms with Gasteiger partial charge in [-0.25, -0.2) is 4.98 Å². The molecule has 4 heteroatoms. The van der Waals surface area contributed by atoms with Crippen LogP contribution < -0.4 is 4.74 Å². The van der Waals surface area contributed by atoms with E-state index in [9.17, 15) is 5.26 Å². The molecule has 0 atom stereocenters. The molecule has 0 amide bonds. The maximum absolute atomic E-state index is 9.41. The van der Waals surface area contributed by atoms with E-state index in [1.165, 1.54) is 0 Å². The van der Waals surface area contributed by atoms with Gasteiger partial charge in [-0.1, -0.05) is 12.1 Å². The first-order chi connectivity index (χ1) is 10.3. The molecule has 0 saturated carbocycles. The van der Waals surface area contributed by atoms with Crippen molar-refractivity contribution in [2.24, 2.45) is 0 Å². The van der Waals surface area contributed by atoms with E-state index in [1.54, 1.807) is 7.11 Å². The highest BCUT2D eigenvalue weighted by Crippen LogP contribution is 2.28. The van der Waals surface area contributed by atoms with Gasteiger partial charge in [0.25, 0.3) is 0 Å². The molecule has 0 aliphatic carbocycles. The van der Waals surface area contributed by atoms with E-state index >= 15 is 0 Å². The molecule has 0 aliphatic rings. The fraction of sp³-hybridized carbons (Fsp3) is 0.0588. The summed E-state index contributed by atoms with van der Waals surface area (Å²) in [5, 5.41) is 10.4. The number of para-hydroxylation sites is 2. The standard InChI is InChI=1S/C17H11N3O/c1-21-13-6-7-15-11(9-13)8-12(10-18)17-19-14-4-2-3-5-16(14)20(15)17/h2-9H,1H3. The Labute approximate surface area is 120 Å². The minimum absolute atomic E-state index is 0.562. The van der Waals surface area contributed by atoms with E-state index in [-0.39, 0.29) is 0 Å². The van der Waals surface area contributed by atoms with Gasteiger partial charge < -0.3 is 4.74 Å². The van der Waals surface area contributed by atoms with Crippen LogP contribution in [0.5, 0.6) is 5.75 Å². The Morgan fingerprint density at radius 2 is 1.95 bits per heavy atom. The van der Waals surface area contributed by atoms with Crippen molar-refractivity contribution in [3.63, 3.8) is 0 Å². The van der Waals surface area contributed by atoms with Crippen molar-refractivity contribution in [2.75, 3.05) is 7.11 Å². The van der Waals surface area contributed by atoms with Crippen LogP contribution in [0.25, 0.3) is 27.6 Å². The van der Waals surface area contributed by atoms with Crippen LogP contribution >= 0.6 is 0 Å². The molecular formula is C17H11N3O. The van der Waals surface area contributed by atoms with Crippen molar-refractivity contribution in [2.45, 2.75) is 0 Å². The molecule has 4 nitrogen and oxygen atoms in total. The number of nitrogens with zero attached hydrogens (tertiary/aromatic N) is 3. The van der Waals surface area contributed by atoms with Crippen molar-refractivity contribution >= 4 is 27.6 Å². The molecule has 0 unspecified atom stereocenters. The van der Waals surface area contributed by atoms with E-state index in [2.05, 4.69) is 11.1 Å². The van der Waals surface area contributed by atoms with Crippen LogP contribution in [0.3, 0.4) is 0 Å². The number of aromatic nitrogens is 2. The molecule has 4 rings (SSSR count). The summed E-state index contributed by atoms with van der Waals surface area (Å²) in [6.07, 6.45) is 0. The zero-order chi connectivity index (χ0) is 14.4. The van der Waals surface area contributed by atoms with Crippen LogP contribution in [0.1, 0.15) is 5.56 Å².